The molecule has 21 heavy (non-hydrogen) atoms. The Labute approximate surface area is 137 Å². The monoisotopic (exact) mass is 332 g/mol. The van der Waals surface area contributed by atoms with Crippen molar-refractivity contribution in [1.29, 1.82) is 0 Å². The first-order chi connectivity index (χ1) is 9.65. The number of ether oxygens (including phenoxy) is 1. The van der Waals surface area contributed by atoms with Gasteiger partial charge in [-0.15, -0.1) is 12.4 Å². The fraction of sp³-hybridized carbons (Fsp3) is 0.533. The third-order valence-corrected chi connectivity index (χ3v) is 3.72. The van der Waals surface area contributed by atoms with Crippen LogP contribution < -0.4 is 15.4 Å². The molecule has 1 aromatic carbocycles. The van der Waals surface area contributed by atoms with Crippen LogP contribution in [0.15, 0.2) is 18.2 Å². The van der Waals surface area contributed by atoms with Crippen molar-refractivity contribution in [3.63, 3.8) is 0 Å². The molecule has 1 unspecified atom stereocenters. The van der Waals surface area contributed by atoms with Crippen LogP contribution in [-0.2, 0) is 4.79 Å². The lowest BCUT2D eigenvalue weighted by atomic mass is 10.00. The number of amides is 1. The van der Waals surface area contributed by atoms with Crippen molar-refractivity contribution in [2.45, 2.75) is 19.8 Å². The molecule has 1 heterocycles. The highest BCUT2D eigenvalue weighted by atomic mass is 35.5. The number of carbonyl (C=O) groups is 1. The first-order valence-corrected chi connectivity index (χ1v) is 7.39. The highest BCUT2D eigenvalue weighted by molar-refractivity contribution is 6.30. The normalized spacial score (nSPS) is 17.7. The summed E-state index contributed by atoms with van der Waals surface area (Å²) in [6, 6.07) is 5.37. The topological polar surface area (TPSA) is 50.4 Å². The Morgan fingerprint density at radius 1 is 1.52 bits per heavy atom. The molecule has 1 saturated heterocycles. The van der Waals surface area contributed by atoms with Gasteiger partial charge < -0.3 is 15.4 Å². The van der Waals surface area contributed by atoms with Gasteiger partial charge >= 0.3 is 0 Å². The summed E-state index contributed by atoms with van der Waals surface area (Å²) in [4.78, 5) is 11.8. The first-order valence-electron chi connectivity index (χ1n) is 7.01. The zero-order valence-corrected chi connectivity index (χ0v) is 13.7. The molecule has 0 aromatic heterocycles. The van der Waals surface area contributed by atoms with Crippen LogP contribution in [-0.4, -0.2) is 32.1 Å². The van der Waals surface area contributed by atoms with E-state index in [2.05, 4.69) is 10.6 Å². The lowest BCUT2D eigenvalue weighted by Gasteiger charge is -2.22. The largest absolute Gasteiger partial charge is 0.484 e. The molecule has 1 atom stereocenters. The second-order valence-corrected chi connectivity index (χ2v) is 5.65. The molecule has 0 aliphatic carbocycles. The van der Waals surface area contributed by atoms with Crippen LogP contribution in [0.25, 0.3) is 0 Å². The van der Waals surface area contributed by atoms with Gasteiger partial charge in [-0.3, -0.25) is 4.79 Å². The molecule has 1 aliphatic rings. The van der Waals surface area contributed by atoms with Crippen molar-refractivity contribution < 1.29 is 9.53 Å². The molecule has 6 heteroatoms. The van der Waals surface area contributed by atoms with Crippen LogP contribution in [0.5, 0.6) is 5.75 Å². The molecule has 1 fully saturated rings. The number of piperidine rings is 1. The van der Waals surface area contributed by atoms with Gasteiger partial charge in [-0.25, -0.2) is 0 Å². The van der Waals surface area contributed by atoms with E-state index in [0.717, 1.165) is 25.2 Å². The molecule has 0 radical (unpaired) electrons. The summed E-state index contributed by atoms with van der Waals surface area (Å²) in [6.07, 6.45) is 2.35. The van der Waals surface area contributed by atoms with Gasteiger partial charge in [0.15, 0.2) is 6.61 Å². The quantitative estimate of drug-likeness (QED) is 0.871. The summed E-state index contributed by atoms with van der Waals surface area (Å²) < 4.78 is 5.51. The van der Waals surface area contributed by atoms with Crippen LogP contribution in [0.4, 0.5) is 0 Å². The standard InChI is InChI=1S/C15H21ClN2O2.ClH/c1-11-7-13(16)4-5-14(11)20-10-15(19)18-9-12-3-2-6-17-8-12;/h4-5,7,12,17H,2-3,6,8-10H2,1H3,(H,18,19);1H. The van der Waals surface area contributed by atoms with Crippen molar-refractivity contribution in [2.24, 2.45) is 5.92 Å². The molecule has 1 aliphatic heterocycles. The van der Waals surface area contributed by atoms with Gasteiger partial charge in [0.2, 0.25) is 0 Å². The van der Waals surface area contributed by atoms with E-state index in [1.54, 1.807) is 12.1 Å². The van der Waals surface area contributed by atoms with E-state index in [4.69, 9.17) is 16.3 Å². The molecule has 0 spiro atoms. The van der Waals surface area contributed by atoms with Crippen LogP contribution in [0, 0.1) is 12.8 Å². The van der Waals surface area contributed by atoms with Crippen LogP contribution in [0.2, 0.25) is 5.02 Å². The lowest BCUT2D eigenvalue weighted by Crippen LogP contribution is -2.39. The van der Waals surface area contributed by atoms with Gasteiger partial charge in [0.25, 0.3) is 5.91 Å². The second kappa shape index (κ2) is 9.13. The van der Waals surface area contributed by atoms with Crippen LogP contribution in [0.3, 0.4) is 0 Å². The summed E-state index contributed by atoms with van der Waals surface area (Å²) in [5.74, 6) is 1.15. The Bertz CT molecular complexity index is 463. The van der Waals surface area contributed by atoms with E-state index >= 15 is 0 Å². The smallest absolute Gasteiger partial charge is 0.257 e. The number of benzene rings is 1. The van der Waals surface area contributed by atoms with Gasteiger partial charge in [0.05, 0.1) is 0 Å². The summed E-state index contributed by atoms with van der Waals surface area (Å²) >= 11 is 5.87. The average molecular weight is 333 g/mol. The highest BCUT2D eigenvalue weighted by Crippen LogP contribution is 2.21. The van der Waals surface area contributed by atoms with Crippen LogP contribution in [0.1, 0.15) is 18.4 Å². The first kappa shape index (κ1) is 18.1. The molecule has 1 amide bonds. The molecule has 118 valence electrons. The summed E-state index contributed by atoms with van der Waals surface area (Å²) in [7, 11) is 0. The minimum Gasteiger partial charge on any atom is -0.484 e. The zero-order chi connectivity index (χ0) is 14.4. The second-order valence-electron chi connectivity index (χ2n) is 5.21. The number of nitrogens with one attached hydrogen (secondary N) is 2. The number of aryl methyl sites for hydroxylation is 1. The third kappa shape index (κ3) is 6.12. The predicted molar refractivity (Wildman–Crippen MR) is 87.5 cm³/mol. The number of hydrogen-bond acceptors (Lipinski definition) is 3. The third-order valence-electron chi connectivity index (χ3n) is 3.48. The summed E-state index contributed by atoms with van der Waals surface area (Å²) in [5, 5.41) is 6.93. The number of rotatable bonds is 5. The van der Waals surface area contributed by atoms with E-state index in [1.807, 2.05) is 13.0 Å². The Morgan fingerprint density at radius 2 is 2.33 bits per heavy atom. The summed E-state index contributed by atoms with van der Waals surface area (Å²) in [6.45, 7) is 4.74. The number of carbonyl (C=O) groups excluding carboxylic acids is 1. The van der Waals surface area contributed by atoms with Gasteiger partial charge in [-0.1, -0.05) is 11.6 Å². The van der Waals surface area contributed by atoms with Crippen molar-refractivity contribution in [3.05, 3.63) is 28.8 Å². The lowest BCUT2D eigenvalue weighted by molar-refractivity contribution is -0.123. The number of hydrogen-bond donors (Lipinski definition) is 2. The fourth-order valence-corrected chi connectivity index (χ4v) is 2.55. The number of halogens is 2. The molecule has 0 saturated carbocycles. The Balaban J connectivity index is 0.00000220. The van der Waals surface area contributed by atoms with Crippen molar-refractivity contribution in [3.8, 4) is 5.75 Å². The molecule has 0 bridgehead atoms. The van der Waals surface area contributed by atoms with Gasteiger partial charge in [0.1, 0.15) is 5.75 Å². The molecular weight excluding hydrogens is 311 g/mol. The fourth-order valence-electron chi connectivity index (χ4n) is 2.33. The molecule has 2 N–H and O–H groups in total. The maximum Gasteiger partial charge on any atom is 0.257 e. The molecule has 2 rings (SSSR count). The van der Waals surface area contributed by atoms with Gasteiger partial charge in [-0.05, 0) is 62.5 Å². The van der Waals surface area contributed by atoms with E-state index < -0.39 is 0 Å². The Hall–Kier alpha value is -0.970. The van der Waals surface area contributed by atoms with Gasteiger partial charge in [-0.2, -0.15) is 0 Å². The van der Waals surface area contributed by atoms with E-state index in [-0.39, 0.29) is 24.9 Å². The van der Waals surface area contributed by atoms with E-state index in [0.29, 0.717) is 16.7 Å². The minimum atomic E-state index is -0.0788. The van der Waals surface area contributed by atoms with Crippen molar-refractivity contribution in [1.82, 2.24) is 10.6 Å². The molecular formula is C15H22Cl2N2O2. The van der Waals surface area contributed by atoms with Crippen molar-refractivity contribution >= 4 is 29.9 Å². The molecule has 4 nitrogen and oxygen atoms in total. The van der Waals surface area contributed by atoms with E-state index in [9.17, 15) is 4.79 Å². The maximum absolute atomic E-state index is 11.8. The van der Waals surface area contributed by atoms with Crippen molar-refractivity contribution in [2.75, 3.05) is 26.2 Å². The zero-order valence-electron chi connectivity index (χ0n) is 12.2. The SMILES string of the molecule is Cc1cc(Cl)ccc1OCC(=O)NCC1CCCNC1.Cl. The minimum absolute atomic E-state index is 0. The Morgan fingerprint density at radius 3 is 3.00 bits per heavy atom. The highest BCUT2D eigenvalue weighted by Gasteiger charge is 2.14. The maximum atomic E-state index is 11.8. The Kier molecular flexibility index (Phi) is 7.86. The summed E-state index contributed by atoms with van der Waals surface area (Å²) in [5.41, 5.74) is 0.932. The van der Waals surface area contributed by atoms with Crippen LogP contribution >= 0.6 is 24.0 Å². The van der Waals surface area contributed by atoms with E-state index in [1.165, 1.54) is 12.8 Å². The predicted octanol–water partition coefficient (Wildman–Crippen LogP) is 2.56. The molecule has 1 aromatic rings. The average Bonchev–Trinajstić information content (AvgIpc) is 2.45. The van der Waals surface area contributed by atoms with Gasteiger partial charge in [0, 0.05) is 11.6 Å².